The highest BCUT2D eigenvalue weighted by atomic mass is 16.5. The van der Waals surface area contributed by atoms with E-state index >= 15 is 0 Å². The molecule has 1 aliphatic carbocycles. The van der Waals surface area contributed by atoms with E-state index in [1.807, 2.05) is 26.2 Å². The predicted octanol–water partition coefficient (Wildman–Crippen LogP) is 2.29. The van der Waals surface area contributed by atoms with Crippen molar-refractivity contribution in [1.29, 1.82) is 0 Å². The minimum absolute atomic E-state index is 0.484. The van der Waals surface area contributed by atoms with Crippen LogP contribution in [0.3, 0.4) is 0 Å². The van der Waals surface area contributed by atoms with Gasteiger partial charge in [-0.05, 0) is 25.0 Å². The van der Waals surface area contributed by atoms with Gasteiger partial charge in [0, 0.05) is 25.8 Å². The third kappa shape index (κ3) is 2.14. The highest BCUT2D eigenvalue weighted by Gasteiger charge is 2.23. The van der Waals surface area contributed by atoms with Crippen LogP contribution in [0.1, 0.15) is 12.8 Å². The molecule has 0 N–H and O–H groups in total. The molecule has 70 valence electrons. The molecule has 0 saturated heterocycles. The van der Waals surface area contributed by atoms with Gasteiger partial charge in [0.15, 0.2) is 0 Å². The molecular weight excluding hydrogens is 162 g/mol. The van der Waals surface area contributed by atoms with Crippen molar-refractivity contribution < 1.29 is 4.74 Å². The summed E-state index contributed by atoms with van der Waals surface area (Å²) >= 11 is 0. The monoisotopic (exact) mass is 177 g/mol. The van der Waals surface area contributed by atoms with E-state index in [9.17, 15) is 0 Å². The summed E-state index contributed by atoms with van der Waals surface area (Å²) in [5.74, 6) is 0.994. The number of anilines is 1. The first-order chi connectivity index (χ1) is 6.25. The van der Waals surface area contributed by atoms with Crippen molar-refractivity contribution in [3.63, 3.8) is 0 Å². The number of ether oxygens (including phenoxy) is 1. The average Bonchev–Trinajstić information content (AvgIpc) is 2.89. The van der Waals surface area contributed by atoms with Gasteiger partial charge in [0.05, 0.1) is 6.10 Å². The van der Waals surface area contributed by atoms with Gasteiger partial charge in [-0.3, -0.25) is 0 Å². The third-order valence-corrected chi connectivity index (χ3v) is 2.16. The molecule has 0 bridgehead atoms. The fourth-order valence-corrected chi connectivity index (χ4v) is 1.21. The standard InChI is InChI=1S/C11H15NO/c1-12(2)9-4-3-5-11(8-9)13-10-6-7-10/h3-5,8,10H,6-7H2,1-2H3. The van der Waals surface area contributed by atoms with Crippen LogP contribution in [0, 0.1) is 0 Å². The molecule has 2 heteroatoms. The molecule has 0 unspecified atom stereocenters. The van der Waals surface area contributed by atoms with Crippen LogP contribution in [-0.2, 0) is 0 Å². The molecule has 1 aromatic carbocycles. The van der Waals surface area contributed by atoms with Crippen LogP contribution < -0.4 is 9.64 Å². The van der Waals surface area contributed by atoms with E-state index in [4.69, 9.17) is 4.74 Å². The normalized spacial score (nSPS) is 15.5. The van der Waals surface area contributed by atoms with E-state index in [2.05, 4.69) is 17.0 Å². The van der Waals surface area contributed by atoms with E-state index in [0.29, 0.717) is 6.10 Å². The van der Waals surface area contributed by atoms with Crippen LogP contribution in [0.4, 0.5) is 5.69 Å². The minimum Gasteiger partial charge on any atom is -0.490 e. The number of benzene rings is 1. The molecule has 0 radical (unpaired) electrons. The van der Waals surface area contributed by atoms with E-state index in [0.717, 1.165) is 5.75 Å². The fraction of sp³-hybridized carbons (Fsp3) is 0.455. The van der Waals surface area contributed by atoms with E-state index < -0.39 is 0 Å². The molecule has 2 rings (SSSR count). The lowest BCUT2D eigenvalue weighted by atomic mass is 10.3. The molecule has 1 saturated carbocycles. The largest absolute Gasteiger partial charge is 0.490 e. The first kappa shape index (κ1) is 8.42. The van der Waals surface area contributed by atoms with Gasteiger partial charge in [-0.25, -0.2) is 0 Å². The van der Waals surface area contributed by atoms with Crippen molar-refractivity contribution in [2.24, 2.45) is 0 Å². The molecule has 0 aliphatic heterocycles. The van der Waals surface area contributed by atoms with Crippen molar-refractivity contribution in [2.45, 2.75) is 18.9 Å². The molecule has 2 nitrogen and oxygen atoms in total. The molecular formula is C11H15NO. The zero-order valence-electron chi connectivity index (χ0n) is 8.16. The first-order valence-corrected chi connectivity index (χ1v) is 4.70. The highest BCUT2D eigenvalue weighted by Crippen LogP contribution is 2.28. The molecule has 0 amide bonds. The Morgan fingerprint density at radius 2 is 2.08 bits per heavy atom. The van der Waals surface area contributed by atoms with Gasteiger partial charge in [-0.15, -0.1) is 0 Å². The Labute approximate surface area is 79.1 Å². The van der Waals surface area contributed by atoms with Crippen molar-refractivity contribution in [3.8, 4) is 5.75 Å². The van der Waals surface area contributed by atoms with E-state index in [-0.39, 0.29) is 0 Å². The summed E-state index contributed by atoms with van der Waals surface area (Å²) in [7, 11) is 4.08. The highest BCUT2D eigenvalue weighted by molar-refractivity contribution is 5.49. The van der Waals surface area contributed by atoms with Crippen LogP contribution in [0.2, 0.25) is 0 Å². The van der Waals surface area contributed by atoms with Crippen LogP contribution in [-0.4, -0.2) is 20.2 Å². The Hall–Kier alpha value is -1.18. The van der Waals surface area contributed by atoms with Crippen molar-refractivity contribution in [2.75, 3.05) is 19.0 Å². The topological polar surface area (TPSA) is 12.5 Å². The van der Waals surface area contributed by atoms with E-state index in [1.54, 1.807) is 0 Å². The summed E-state index contributed by atoms with van der Waals surface area (Å²) in [4.78, 5) is 2.08. The summed E-state index contributed by atoms with van der Waals surface area (Å²) in [6.45, 7) is 0. The van der Waals surface area contributed by atoms with Gasteiger partial charge in [0.1, 0.15) is 5.75 Å². The van der Waals surface area contributed by atoms with Gasteiger partial charge < -0.3 is 9.64 Å². The van der Waals surface area contributed by atoms with Gasteiger partial charge in [0.2, 0.25) is 0 Å². The summed E-state index contributed by atoms with van der Waals surface area (Å²) in [5.41, 5.74) is 1.19. The van der Waals surface area contributed by atoms with Crippen LogP contribution in [0.15, 0.2) is 24.3 Å². The van der Waals surface area contributed by atoms with Gasteiger partial charge in [-0.1, -0.05) is 6.07 Å². The number of hydrogen-bond donors (Lipinski definition) is 0. The van der Waals surface area contributed by atoms with Crippen molar-refractivity contribution in [1.82, 2.24) is 0 Å². The molecule has 0 heterocycles. The third-order valence-electron chi connectivity index (χ3n) is 2.16. The molecule has 1 aliphatic rings. The van der Waals surface area contributed by atoms with Gasteiger partial charge in [0.25, 0.3) is 0 Å². The Morgan fingerprint density at radius 3 is 2.69 bits per heavy atom. The zero-order chi connectivity index (χ0) is 9.26. The Bertz CT molecular complexity index is 292. The average molecular weight is 177 g/mol. The van der Waals surface area contributed by atoms with Crippen LogP contribution >= 0.6 is 0 Å². The minimum atomic E-state index is 0.484. The second-order valence-corrected chi connectivity index (χ2v) is 3.71. The lowest BCUT2D eigenvalue weighted by Gasteiger charge is -2.13. The summed E-state index contributed by atoms with van der Waals surface area (Å²) < 4.78 is 5.69. The first-order valence-electron chi connectivity index (χ1n) is 4.70. The van der Waals surface area contributed by atoms with Crippen molar-refractivity contribution in [3.05, 3.63) is 24.3 Å². The summed E-state index contributed by atoms with van der Waals surface area (Å²) in [6.07, 6.45) is 2.91. The Kier molecular flexibility index (Phi) is 2.13. The quantitative estimate of drug-likeness (QED) is 0.702. The maximum Gasteiger partial charge on any atom is 0.121 e. The molecule has 0 atom stereocenters. The summed E-state index contributed by atoms with van der Waals surface area (Å²) in [6, 6.07) is 8.22. The summed E-state index contributed by atoms with van der Waals surface area (Å²) in [5, 5.41) is 0. The Balaban J connectivity index is 2.11. The maximum atomic E-state index is 5.69. The molecule has 0 spiro atoms. The molecule has 0 aromatic heterocycles. The van der Waals surface area contributed by atoms with Gasteiger partial charge >= 0.3 is 0 Å². The Morgan fingerprint density at radius 1 is 1.31 bits per heavy atom. The molecule has 1 fully saturated rings. The second kappa shape index (κ2) is 3.29. The number of nitrogens with zero attached hydrogens (tertiary/aromatic N) is 1. The number of rotatable bonds is 3. The SMILES string of the molecule is CN(C)c1cccc(OC2CC2)c1. The lowest BCUT2D eigenvalue weighted by molar-refractivity contribution is 0.303. The van der Waals surface area contributed by atoms with Gasteiger partial charge in [-0.2, -0.15) is 0 Å². The molecule has 1 aromatic rings. The van der Waals surface area contributed by atoms with Crippen molar-refractivity contribution >= 4 is 5.69 Å². The predicted molar refractivity (Wildman–Crippen MR) is 54.4 cm³/mol. The lowest BCUT2D eigenvalue weighted by Crippen LogP contribution is -2.08. The fourth-order valence-electron chi connectivity index (χ4n) is 1.21. The zero-order valence-corrected chi connectivity index (χ0v) is 8.16. The van der Waals surface area contributed by atoms with Crippen LogP contribution in [0.25, 0.3) is 0 Å². The van der Waals surface area contributed by atoms with E-state index in [1.165, 1.54) is 18.5 Å². The maximum absolute atomic E-state index is 5.69. The van der Waals surface area contributed by atoms with Crippen LogP contribution in [0.5, 0.6) is 5.75 Å². The second-order valence-electron chi connectivity index (χ2n) is 3.71. The number of hydrogen-bond acceptors (Lipinski definition) is 2. The smallest absolute Gasteiger partial charge is 0.121 e. The molecule has 13 heavy (non-hydrogen) atoms.